The third-order valence-electron chi connectivity index (χ3n) is 4.36. The summed E-state index contributed by atoms with van der Waals surface area (Å²) < 4.78 is 18.3. The van der Waals surface area contributed by atoms with Crippen molar-refractivity contribution in [1.29, 1.82) is 0 Å². The van der Waals surface area contributed by atoms with E-state index >= 15 is 0 Å². The SMILES string of the molecule is Cc1nc(Cc2ccc(F)cc2)sc1C(=O)NCCCN1CCOCC1. The van der Waals surface area contributed by atoms with Gasteiger partial charge in [-0.25, -0.2) is 9.37 Å². The number of nitrogens with one attached hydrogen (secondary N) is 1. The van der Waals surface area contributed by atoms with Crippen molar-refractivity contribution >= 4 is 17.2 Å². The lowest BCUT2D eigenvalue weighted by Crippen LogP contribution is -2.38. The summed E-state index contributed by atoms with van der Waals surface area (Å²) in [5.74, 6) is -0.312. The van der Waals surface area contributed by atoms with Crippen LogP contribution in [0.25, 0.3) is 0 Å². The summed E-state index contributed by atoms with van der Waals surface area (Å²) in [5, 5.41) is 3.86. The standard InChI is InChI=1S/C19H24FN3O2S/c1-14-18(19(24)21-7-2-8-23-9-11-25-12-10-23)26-17(22-14)13-15-3-5-16(20)6-4-15/h3-6H,2,7-13H2,1H3,(H,21,24). The molecule has 3 rings (SSSR count). The number of hydrogen-bond acceptors (Lipinski definition) is 5. The lowest BCUT2D eigenvalue weighted by Gasteiger charge is -2.26. The normalized spacial score (nSPS) is 15.2. The molecular formula is C19H24FN3O2S. The second-order valence-corrected chi connectivity index (χ2v) is 7.47. The molecule has 140 valence electrons. The fourth-order valence-corrected chi connectivity index (χ4v) is 3.94. The minimum Gasteiger partial charge on any atom is -0.379 e. The van der Waals surface area contributed by atoms with Gasteiger partial charge in [0.2, 0.25) is 0 Å². The molecule has 2 aromatic rings. The van der Waals surface area contributed by atoms with Crippen LogP contribution in [-0.4, -0.2) is 55.2 Å². The van der Waals surface area contributed by atoms with Gasteiger partial charge in [0, 0.05) is 26.1 Å². The zero-order valence-corrected chi connectivity index (χ0v) is 15.8. The Kier molecular flexibility index (Phi) is 6.71. The summed E-state index contributed by atoms with van der Waals surface area (Å²) in [7, 11) is 0. The van der Waals surface area contributed by atoms with Gasteiger partial charge in [0.25, 0.3) is 5.91 Å². The number of thiazole rings is 1. The number of amides is 1. The summed E-state index contributed by atoms with van der Waals surface area (Å²) in [5.41, 5.74) is 1.73. The summed E-state index contributed by atoms with van der Waals surface area (Å²) in [6.07, 6.45) is 1.53. The molecule has 5 nitrogen and oxygen atoms in total. The van der Waals surface area contributed by atoms with E-state index in [-0.39, 0.29) is 11.7 Å². The van der Waals surface area contributed by atoms with Crippen LogP contribution in [0.15, 0.2) is 24.3 Å². The number of halogens is 1. The van der Waals surface area contributed by atoms with Gasteiger partial charge in [-0.3, -0.25) is 9.69 Å². The van der Waals surface area contributed by atoms with Gasteiger partial charge in [-0.05, 0) is 37.6 Å². The Morgan fingerprint density at radius 2 is 2.04 bits per heavy atom. The number of carbonyl (C=O) groups is 1. The van der Waals surface area contributed by atoms with Crippen LogP contribution in [0.4, 0.5) is 4.39 Å². The minimum absolute atomic E-state index is 0.0627. The topological polar surface area (TPSA) is 54.5 Å². The number of rotatable bonds is 7. The molecule has 0 bridgehead atoms. The molecule has 0 spiro atoms. The predicted octanol–water partition coefficient (Wildman–Crippen LogP) is 2.63. The van der Waals surface area contributed by atoms with Crippen LogP contribution in [0.5, 0.6) is 0 Å². The third-order valence-corrected chi connectivity index (χ3v) is 5.51. The van der Waals surface area contributed by atoms with Crippen molar-refractivity contribution in [2.45, 2.75) is 19.8 Å². The number of morpholine rings is 1. The zero-order valence-electron chi connectivity index (χ0n) is 15.0. The maximum atomic E-state index is 13.0. The molecule has 1 aromatic carbocycles. The Bertz CT molecular complexity index is 727. The summed E-state index contributed by atoms with van der Waals surface area (Å²) in [6.45, 7) is 7.01. The molecule has 1 fully saturated rings. The molecule has 1 saturated heterocycles. The first-order valence-electron chi connectivity index (χ1n) is 8.91. The molecule has 0 saturated carbocycles. The fraction of sp³-hybridized carbons (Fsp3) is 0.474. The van der Waals surface area contributed by atoms with Crippen LogP contribution in [0.2, 0.25) is 0 Å². The van der Waals surface area contributed by atoms with Crippen LogP contribution in [0, 0.1) is 12.7 Å². The van der Waals surface area contributed by atoms with Crippen LogP contribution >= 0.6 is 11.3 Å². The molecule has 1 N–H and O–H groups in total. The average molecular weight is 377 g/mol. The molecule has 2 heterocycles. The van der Waals surface area contributed by atoms with E-state index in [9.17, 15) is 9.18 Å². The molecular weight excluding hydrogens is 353 g/mol. The molecule has 1 aliphatic heterocycles. The van der Waals surface area contributed by atoms with Gasteiger partial charge in [-0.1, -0.05) is 12.1 Å². The molecule has 1 amide bonds. The van der Waals surface area contributed by atoms with Gasteiger partial charge in [-0.2, -0.15) is 0 Å². The Hall–Kier alpha value is -1.83. The zero-order chi connectivity index (χ0) is 18.4. The summed E-state index contributed by atoms with van der Waals surface area (Å²) in [4.78, 5) is 19.9. The Balaban J connectivity index is 1.48. The van der Waals surface area contributed by atoms with Gasteiger partial charge in [0.1, 0.15) is 10.7 Å². The van der Waals surface area contributed by atoms with Crippen LogP contribution < -0.4 is 5.32 Å². The van der Waals surface area contributed by atoms with Crippen LogP contribution in [0.1, 0.15) is 32.4 Å². The number of carbonyl (C=O) groups excluding carboxylic acids is 1. The Labute approximate surface area is 157 Å². The van der Waals surface area contributed by atoms with E-state index in [4.69, 9.17) is 4.74 Å². The van der Waals surface area contributed by atoms with Crippen molar-refractivity contribution in [2.24, 2.45) is 0 Å². The average Bonchev–Trinajstić information content (AvgIpc) is 3.02. The molecule has 0 unspecified atom stereocenters. The highest BCUT2D eigenvalue weighted by atomic mass is 32.1. The summed E-state index contributed by atoms with van der Waals surface area (Å²) in [6, 6.07) is 6.38. The van der Waals surface area contributed by atoms with E-state index in [1.54, 1.807) is 12.1 Å². The molecule has 0 aliphatic carbocycles. The Morgan fingerprint density at radius 3 is 2.77 bits per heavy atom. The molecule has 7 heteroatoms. The maximum Gasteiger partial charge on any atom is 0.263 e. The Morgan fingerprint density at radius 1 is 1.31 bits per heavy atom. The van der Waals surface area contributed by atoms with E-state index in [2.05, 4.69) is 15.2 Å². The molecule has 26 heavy (non-hydrogen) atoms. The molecule has 0 radical (unpaired) electrons. The maximum absolute atomic E-state index is 13.0. The first-order valence-corrected chi connectivity index (χ1v) is 9.72. The van der Waals surface area contributed by atoms with Gasteiger partial charge >= 0.3 is 0 Å². The lowest BCUT2D eigenvalue weighted by atomic mass is 10.1. The van der Waals surface area contributed by atoms with E-state index in [1.807, 2.05) is 6.92 Å². The highest BCUT2D eigenvalue weighted by Crippen LogP contribution is 2.21. The number of nitrogens with zero attached hydrogens (tertiary/aromatic N) is 2. The van der Waals surface area contributed by atoms with E-state index in [1.165, 1.54) is 23.5 Å². The number of benzene rings is 1. The monoisotopic (exact) mass is 377 g/mol. The lowest BCUT2D eigenvalue weighted by molar-refractivity contribution is 0.0374. The van der Waals surface area contributed by atoms with E-state index in [0.717, 1.165) is 55.5 Å². The predicted molar refractivity (Wildman–Crippen MR) is 100 cm³/mol. The smallest absolute Gasteiger partial charge is 0.263 e. The van der Waals surface area contributed by atoms with Gasteiger partial charge in [0.15, 0.2) is 0 Å². The van der Waals surface area contributed by atoms with Crippen molar-refractivity contribution in [3.05, 3.63) is 51.2 Å². The second kappa shape index (κ2) is 9.21. The first kappa shape index (κ1) is 18.9. The van der Waals surface area contributed by atoms with Crippen LogP contribution in [-0.2, 0) is 11.2 Å². The molecule has 0 atom stereocenters. The fourth-order valence-electron chi connectivity index (χ4n) is 2.93. The quantitative estimate of drug-likeness (QED) is 0.754. The van der Waals surface area contributed by atoms with Gasteiger partial charge in [0.05, 0.1) is 23.9 Å². The van der Waals surface area contributed by atoms with E-state index < -0.39 is 0 Å². The second-order valence-electron chi connectivity index (χ2n) is 6.39. The van der Waals surface area contributed by atoms with Gasteiger partial charge < -0.3 is 10.1 Å². The van der Waals surface area contributed by atoms with Crippen molar-refractivity contribution in [2.75, 3.05) is 39.4 Å². The van der Waals surface area contributed by atoms with Crippen molar-refractivity contribution < 1.29 is 13.9 Å². The van der Waals surface area contributed by atoms with Gasteiger partial charge in [-0.15, -0.1) is 11.3 Å². The molecule has 1 aliphatic rings. The van der Waals surface area contributed by atoms with E-state index in [0.29, 0.717) is 17.8 Å². The first-order chi connectivity index (χ1) is 12.6. The number of aromatic nitrogens is 1. The molecule has 1 aromatic heterocycles. The largest absolute Gasteiger partial charge is 0.379 e. The van der Waals surface area contributed by atoms with Crippen molar-refractivity contribution in [3.8, 4) is 0 Å². The van der Waals surface area contributed by atoms with Crippen molar-refractivity contribution in [3.63, 3.8) is 0 Å². The van der Waals surface area contributed by atoms with Crippen LogP contribution in [0.3, 0.4) is 0 Å². The highest BCUT2D eigenvalue weighted by Gasteiger charge is 2.16. The number of ether oxygens (including phenoxy) is 1. The highest BCUT2D eigenvalue weighted by molar-refractivity contribution is 7.13. The third kappa shape index (κ3) is 5.33. The number of aryl methyl sites for hydroxylation is 1. The number of hydrogen-bond donors (Lipinski definition) is 1. The van der Waals surface area contributed by atoms with Crippen molar-refractivity contribution in [1.82, 2.24) is 15.2 Å². The summed E-state index contributed by atoms with van der Waals surface area (Å²) >= 11 is 1.41. The minimum atomic E-state index is -0.249.